The Morgan fingerprint density at radius 3 is 2.83 bits per heavy atom. The number of hydrogen-bond donors (Lipinski definition) is 2. The molecule has 3 N–H and O–H groups in total. The van der Waals surface area contributed by atoms with Crippen LogP contribution >= 0.6 is 0 Å². The average molecular weight is 325 g/mol. The summed E-state index contributed by atoms with van der Waals surface area (Å²) in [6.45, 7) is 0.945. The number of hydrogen-bond acceptors (Lipinski definition) is 3. The molecule has 0 fully saturated rings. The maximum Gasteiger partial charge on any atom is 0.193 e. The maximum absolute atomic E-state index is 5.94. The van der Waals surface area contributed by atoms with Crippen LogP contribution in [0.2, 0.25) is 0 Å². The zero-order chi connectivity index (χ0) is 16.8. The Morgan fingerprint density at radius 1 is 1.12 bits per heavy atom. The second-order valence-electron chi connectivity index (χ2n) is 5.76. The van der Waals surface area contributed by atoms with Crippen molar-refractivity contribution in [1.82, 2.24) is 0 Å². The van der Waals surface area contributed by atoms with E-state index in [9.17, 15) is 0 Å². The molecule has 24 heavy (non-hydrogen) atoms. The van der Waals surface area contributed by atoms with Gasteiger partial charge in [-0.2, -0.15) is 0 Å². The third-order valence-electron chi connectivity index (χ3n) is 4.05. The summed E-state index contributed by atoms with van der Waals surface area (Å²) < 4.78 is 10.8. The van der Waals surface area contributed by atoms with E-state index in [4.69, 9.17) is 15.2 Å². The minimum atomic E-state index is 0.405. The van der Waals surface area contributed by atoms with E-state index < -0.39 is 0 Å². The van der Waals surface area contributed by atoms with Crippen molar-refractivity contribution in [3.05, 3.63) is 53.6 Å². The van der Waals surface area contributed by atoms with Gasteiger partial charge in [0.15, 0.2) is 5.96 Å². The highest BCUT2D eigenvalue weighted by Gasteiger charge is 2.10. The molecule has 0 bridgehead atoms. The molecule has 1 aliphatic rings. The lowest BCUT2D eigenvalue weighted by atomic mass is 10.1. The van der Waals surface area contributed by atoms with E-state index in [1.165, 1.54) is 24.0 Å². The standard InChI is InChI=1S/C19H23N3O2/c1-23-17-6-3-7-18(13-17)24-11-10-21-19(20)22-16-9-8-14-4-2-5-15(14)12-16/h3,6-9,12-13H,2,4-5,10-11H2,1H3,(H3,20,21,22). The molecule has 2 aromatic carbocycles. The highest BCUT2D eigenvalue weighted by molar-refractivity contribution is 5.92. The quantitative estimate of drug-likeness (QED) is 0.487. The zero-order valence-electron chi connectivity index (χ0n) is 13.9. The summed E-state index contributed by atoms with van der Waals surface area (Å²) in [6.07, 6.45) is 3.57. The number of anilines is 1. The van der Waals surface area contributed by atoms with Crippen LogP contribution in [0, 0.1) is 0 Å². The van der Waals surface area contributed by atoms with Gasteiger partial charge in [-0.05, 0) is 54.7 Å². The predicted molar refractivity (Wildman–Crippen MR) is 97.1 cm³/mol. The first-order valence-electron chi connectivity index (χ1n) is 8.20. The largest absolute Gasteiger partial charge is 0.497 e. The number of rotatable bonds is 6. The van der Waals surface area contributed by atoms with Crippen molar-refractivity contribution in [3.8, 4) is 11.5 Å². The van der Waals surface area contributed by atoms with Gasteiger partial charge in [0.1, 0.15) is 18.1 Å². The minimum absolute atomic E-state index is 0.405. The van der Waals surface area contributed by atoms with Crippen LogP contribution in [0.15, 0.2) is 47.5 Å². The number of ether oxygens (including phenoxy) is 2. The van der Waals surface area contributed by atoms with Gasteiger partial charge in [-0.25, -0.2) is 4.99 Å². The van der Waals surface area contributed by atoms with E-state index in [-0.39, 0.29) is 0 Å². The maximum atomic E-state index is 5.94. The summed E-state index contributed by atoms with van der Waals surface area (Å²) in [7, 11) is 1.63. The molecule has 5 heteroatoms. The summed E-state index contributed by atoms with van der Waals surface area (Å²) >= 11 is 0. The van der Waals surface area contributed by atoms with Crippen LogP contribution in [0.1, 0.15) is 17.5 Å². The van der Waals surface area contributed by atoms with Gasteiger partial charge in [-0.1, -0.05) is 12.1 Å². The van der Waals surface area contributed by atoms with E-state index in [1.807, 2.05) is 24.3 Å². The molecular weight excluding hydrogens is 302 g/mol. The number of aliphatic imine (C=N–C) groups is 1. The molecule has 2 aromatic rings. The molecular formula is C19H23N3O2. The van der Waals surface area contributed by atoms with E-state index in [1.54, 1.807) is 7.11 Å². The lowest BCUT2D eigenvalue weighted by Crippen LogP contribution is -2.23. The molecule has 0 amide bonds. The first-order valence-corrected chi connectivity index (χ1v) is 8.20. The molecule has 0 atom stereocenters. The van der Waals surface area contributed by atoms with Crippen LogP contribution in [-0.4, -0.2) is 26.2 Å². The number of methoxy groups -OCH3 is 1. The minimum Gasteiger partial charge on any atom is -0.497 e. The Labute approximate surface area is 142 Å². The lowest BCUT2D eigenvalue weighted by molar-refractivity contribution is 0.325. The van der Waals surface area contributed by atoms with Gasteiger partial charge in [0, 0.05) is 11.8 Å². The fraction of sp³-hybridized carbons (Fsp3) is 0.316. The Kier molecular flexibility index (Phi) is 5.21. The molecule has 0 unspecified atom stereocenters. The number of nitrogens with one attached hydrogen (secondary N) is 1. The molecule has 0 aliphatic heterocycles. The van der Waals surface area contributed by atoms with Crippen LogP contribution in [0.5, 0.6) is 11.5 Å². The monoisotopic (exact) mass is 325 g/mol. The number of nitrogens with two attached hydrogens (primary N) is 1. The van der Waals surface area contributed by atoms with Crippen molar-refractivity contribution in [1.29, 1.82) is 0 Å². The van der Waals surface area contributed by atoms with Crippen molar-refractivity contribution >= 4 is 11.6 Å². The number of aryl methyl sites for hydroxylation is 2. The normalized spacial score (nSPS) is 13.5. The Hall–Kier alpha value is -2.69. The molecule has 0 aromatic heterocycles. The van der Waals surface area contributed by atoms with Gasteiger partial charge < -0.3 is 20.5 Å². The van der Waals surface area contributed by atoms with Gasteiger partial charge >= 0.3 is 0 Å². The van der Waals surface area contributed by atoms with E-state index in [0.29, 0.717) is 19.1 Å². The summed E-state index contributed by atoms with van der Waals surface area (Å²) in [6, 6.07) is 13.9. The molecule has 0 spiro atoms. The fourth-order valence-electron chi connectivity index (χ4n) is 2.86. The van der Waals surface area contributed by atoms with Gasteiger partial charge in [-0.15, -0.1) is 0 Å². The van der Waals surface area contributed by atoms with Crippen molar-refractivity contribution in [2.24, 2.45) is 10.7 Å². The highest BCUT2D eigenvalue weighted by atomic mass is 16.5. The molecule has 1 aliphatic carbocycles. The fourth-order valence-corrected chi connectivity index (χ4v) is 2.86. The Morgan fingerprint density at radius 2 is 1.96 bits per heavy atom. The third-order valence-corrected chi connectivity index (χ3v) is 4.05. The molecule has 0 saturated carbocycles. The van der Waals surface area contributed by atoms with Gasteiger partial charge in [-0.3, -0.25) is 0 Å². The Bertz CT molecular complexity index is 728. The summed E-state index contributed by atoms with van der Waals surface area (Å²) in [4.78, 5) is 4.30. The van der Waals surface area contributed by atoms with Gasteiger partial charge in [0.25, 0.3) is 0 Å². The molecule has 0 radical (unpaired) electrons. The van der Waals surface area contributed by atoms with Crippen molar-refractivity contribution < 1.29 is 9.47 Å². The van der Waals surface area contributed by atoms with Crippen molar-refractivity contribution in [2.75, 3.05) is 25.6 Å². The van der Waals surface area contributed by atoms with E-state index >= 15 is 0 Å². The zero-order valence-corrected chi connectivity index (χ0v) is 13.9. The SMILES string of the molecule is COc1cccc(OCCN=C(N)Nc2ccc3c(c2)CCC3)c1. The number of nitrogens with zero attached hydrogens (tertiary/aromatic N) is 1. The second kappa shape index (κ2) is 7.73. The number of guanidine groups is 1. The number of benzene rings is 2. The topological polar surface area (TPSA) is 68.9 Å². The lowest BCUT2D eigenvalue weighted by Gasteiger charge is -2.09. The van der Waals surface area contributed by atoms with Crippen LogP contribution in [0.25, 0.3) is 0 Å². The second-order valence-corrected chi connectivity index (χ2v) is 5.76. The first-order chi connectivity index (χ1) is 11.7. The summed E-state index contributed by atoms with van der Waals surface area (Å²) in [5, 5.41) is 3.14. The predicted octanol–water partition coefficient (Wildman–Crippen LogP) is 2.99. The van der Waals surface area contributed by atoms with E-state index in [0.717, 1.165) is 23.6 Å². The van der Waals surface area contributed by atoms with Crippen LogP contribution in [-0.2, 0) is 12.8 Å². The number of fused-ring (bicyclic) bond motifs is 1. The summed E-state index contributed by atoms with van der Waals surface area (Å²) in [5.41, 5.74) is 9.79. The molecule has 0 heterocycles. The smallest absolute Gasteiger partial charge is 0.193 e. The first kappa shape index (κ1) is 16.2. The van der Waals surface area contributed by atoms with Crippen LogP contribution in [0.3, 0.4) is 0 Å². The summed E-state index contributed by atoms with van der Waals surface area (Å²) in [5.74, 6) is 1.94. The molecule has 5 nitrogen and oxygen atoms in total. The molecule has 126 valence electrons. The van der Waals surface area contributed by atoms with Crippen LogP contribution in [0.4, 0.5) is 5.69 Å². The van der Waals surface area contributed by atoms with Crippen LogP contribution < -0.4 is 20.5 Å². The van der Waals surface area contributed by atoms with E-state index in [2.05, 4.69) is 28.5 Å². The van der Waals surface area contributed by atoms with Crippen molar-refractivity contribution in [3.63, 3.8) is 0 Å². The third kappa shape index (κ3) is 4.19. The molecule has 3 rings (SSSR count). The molecule has 0 saturated heterocycles. The highest BCUT2D eigenvalue weighted by Crippen LogP contribution is 2.24. The average Bonchev–Trinajstić information content (AvgIpc) is 3.06. The van der Waals surface area contributed by atoms with Crippen molar-refractivity contribution in [2.45, 2.75) is 19.3 Å². The van der Waals surface area contributed by atoms with Gasteiger partial charge in [0.2, 0.25) is 0 Å². The Balaban J connectivity index is 1.47. The van der Waals surface area contributed by atoms with Gasteiger partial charge in [0.05, 0.1) is 13.7 Å².